The fourth-order valence-corrected chi connectivity index (χ4v) is 1.66. The summed E-state index contributed by atoms with van der Waals surface area (Å²) in [6, 6.07) is 6.37. The molecule has 2 heterocycles. The summed E-state index contributed by atoms with van der Waals surface area (Å²) in [6.07, 6.45) is 4.33. The second-order valence-electron chi connectivity index (χ2n) is 3.79. The molecule has 1 aromatic heterocycles. The average molecular weight is 192 g/mol. The number of hydrogen-bond acceptors (Lipinski definition) is 3. The zero-order valence-electron chi connectivity index (χ0n) is 8.44. The molecule has 1 fully saturated rings. The first kappa shape index (κ1) is 9.46. The molecule has 1 aromatic rings. The molecule has 2 rings (SSSR count). The van der Waals surface area contributed by atoms with Gasteiger partial charge in [0.2, 0.25) is 5.88 Å². The van der Waals surface area contributed by atoms with E-state index >= 15 is 0 Å². The van der Waals surface area contributed by atoms with Crippen LogP contribution >= 0.6 is 0 Å². The second-order valence-corrected chi connectivity index (χ2v) is 3.79. The Morgan fingerprint density at radius 3 is 3.00 bits per heavy atom. The summed E-state index contributed by atoms with van der Waals surface area (Å²) in [4.78, 5) is 4.14. The van der Waals surface area contributed by atoms with Crippen LogP contribution in [0.5, 0.6) is 5.88 Å². The van der Waals surface area contributed by atoms with Crippen molar-refractivity contribution in [3.63, 3.8) is 0 Å². The molecule has 0 spiro atoms. The van der Waals surface area contributed by atoms with Crippen LogP contribution in [0, 0.1) is 0 Å². The lowest BCUT2D eigenvalue weighted by Gasteiger charge is -2.27. The van der Waals surface area contributed by atoms with Crippen molar-refractivity contribution in [3.05, 3.63) is 24.4 Å². The van der Waals surface area contributed by atoms with Gasteiger partial charge in [-0.15, -0.1) is 0 Å². The minimum Gasteiger partial charge on any atom is -0.473 e. The van der Waals surface area contributed by atoms with E-state index in [4.69, 9.17) is 4.74 Å². The third-order valence-electron chi connectivity index (χ3n) is 2.54. The van der Waals surface area contributed by atoms with Crippen molar-refractivity contribution in [2.45, 2.75) is 31.9 Å². The van der Waals surface area contributed by atoms with Gasteiger partial charge < -0.3 is 10.1 Å². The van der Waals surface area contributed by atoms with E-state index in [1.807, 2.05) is 18.2 Å². The lowest BCUT2D eigenvalue weighted by molar-refractivity contribution is 0.147. The first-order valence-corrected chi connectivity index (χ1v) is 5.15. The Morgan fingerprint density at radius 2 is 2.36 bits per heavy atom. The number of pyridine rings is 1. The molecular formula is C11H16N2O. The van der Waals surface area contributed by atoms with Crippen molar-refractivity contribution in [1.29, 1.82) is 0 Å². The zero-order valence-corrected chi connectivity index (χ0v) is 8.44. The van der Waals surface area contributed by atoms with E-state index in [2.05, 4.69) is 17.2 Å². The van der Waals surface area contributed by atoms with E-state index in [1.165, 1.54) is 6.42 Å². The summed E-state index contributed by atoms with van der Waals surface area (Å²) in [5, 5.41) is 3.40. The Morgan fingerprint density at radius 1 is 1.43 bits per heavy atom. The van der Waals surface area contributed by atoms with Gasteiger partial charge in [-0.25, -0.2) is 4.98 Å². The zero-order chi connectivity index (χ0) is 9.80. The van der Waals surface area contributed by atoms with Gasteiger partial charge in [-0.1, -0.05) is 6.07 Å². The highest BCUT2D eigenvalue weighted by molar-refractivity contribution is 5.09. The molecule has 1 aliphatic heterocycles. The Hall–Kier alpha value is -1.09. The number of nitrogens with zero attached hydrogens (tertiary/aromatic N) is 1. The van der Waals surface area contributed by atoms with Crippen LogP contribution in [0.3, 0.4) is 0 Å². The highest BCUT2D eigenvalue weighted by Crippen LogP contribution is 2.14. The minimum atomic E-state index is 0.279. The Kier molecular flexibility index (Phi) is 2.99. The van der Waals surface area contributed by atoms with Crippen molar-refractivity contribution >= 4 is 0 Å². The van der Waals surface area contributed by atoms with Gasteiger partial charge in [-0.3, -0.25) is 0 Å². The maximum Gasteiger partial charge on any atom is 0.213 e. The van der Waals surface area contributed by atoms with Gasteiger partial charge >= 0.3 is 0 Å². The first-order valence-electron chi connectivity index (χ1n) is 5.15. The molecule has 14 heavy (non-hydrogen) atoms. The molecule has 3 heteroatoms. The van der Waals surface area contributed by atoms with Crippen molar-refractivity contribution in [1.82, 2.24) is 10.3 Å². The van der Waals surface area contributed by atoms with Gasteiger partial charge in [0.05, 0.1) is 0 Å². The molecule has 2 atom stereocenters. The topological polar surface area (TPSA) is 34.1 Å². The standard InChI is InChI=1S/C11H16N2O/c1-9-5-6-10(8-13-9)14-11-4-2-3-7-12-11/h2-4,7,9-10,13H,5-6,8H2,1H3. The van der Waals surface area contributed by atoms with Crippen molar-refractivity contribution in [3.8, 4) is 5.88 Å². The van der Waals surface area contributed by atoms with Gasteiger partial charge in [0.15, 0.2) is 0 Å². The molecule has 0 radical (unpaired) electrons. The Labute approximate surface area is 84.5 Å². The molecule has 0 aromatic carbocycles. The summed E-state index contributed by atoms with van der Waals surface area (Å²) in [6.45, 7) is 3.13. The molecule has 0 saturated carbocycles. The molecular weight excluding hydrogens is 176 g/mol. The smallest absolute Gasteiger partial charge is 0.213 e. The van der Waals surface area contributed by atoms with E-state index in [0.717, 1.165) is 18.8 Å². The van der Waals surface area contributed by atoms with Crippen LogP contribution in [0.4, 0.5) is 0 Å². The number of hydrogen-bond donors (Lipinski definition) is 1. The molecule has 76 valence electrons. The Balaban J connectivity index is 1.87. The van der Waals surface area contributed by atoms with E-state index in [0.29, 0.717) is 6.04 Å². The van der Waals surface area contributed by atoms with E-state index in [-0.39, 0.29) is 6.10 Å². The summed E-state index contributed by atoms with van der Waals surface area (Å²) in [7, 11) is 0. The maximum atomic E-state index is 5.73. The van der Waals surface area contributed by atoms with E-state index in [1.54, 1.807) is 6.20 Å². The lowest BCUT2D eigenvalue weighted by atomic mass is 10.0. The van der Waals surface area contributed by atoms with Gasteiger partial charge in [0.25, 0.3) is 0 Å². The van der Waals surface area contributed by atoms with Gasteiger partial charge in [-0.2, -0.15) is 0 Å². The number of rotatable bonds is 2. The summed E-state index contributed by atoms with van der Waals surface area (Å²) >= 11 is 0. The van der Waals surface area contributed by atoms with E-state index < -0.39 is 0 Å². The van der Waals surface area contributed by atoms with Crippen LogP contribution in [0.25, 0.3) is 0 Å². The predicted molar refractivity (Wildman–Crippen MR) is 55.4 cm³/mol. The largest absolute Gasteiger partial charge is 0.473 e. The summed E-state index contributed by atoms with van der Waals surface area (Å²) in [5.74, 6) is 0.730. The molecule has 0 aliphatic carbocycles. The van der Waals surface area contributed by atoms with Crippen LogP contribution in [0.2, 0.25) is 0 Å². The summed E-state index contributed by atoms with van der Waals surface area (Å²) in [5.41, 5.74) is 0. The monoisotopic (exact) mass is 192 g/mol. The van der Waals surface area contributed by atoms with Crippen LogP contribution in [-0.4, -0.2) is 23.7 Å². The molecule has 2 unspecified atom stereocenters. The van der Waals surface area contributed by atoms with Gasteiger partial charge in [0, 0.05) is 24.8 Å². The second kappa shape index (κ2) is 4.42. The predicted octanol–water partition coefficient (Wildman–Crippen LogP) is 1.60. The SMILES string of the molecule is CC1CCC(Oc2ccccn2)CN1. The number of nitrogens with one attached hydrogen (secondary N) is 1. The fourth-order valence-electron chi connectivity index (χ4n) is 1.66. The molecule has 3 nitrogen and oxygen atoms in total. The Bertz CT molecular complexity index is 268. The highest BCUT2D eigenvalue weighted by atomic mass is 16.5. The van der Waals surface area contributed by atoms with Crippen LogP contribution in [0.15, 0.2) is 24.4 Å². The molecule has 0 bridgehead atoms. The first-order chi connectivity index (χ1) is 6.84. The molecule has 1 N–H and O–H groups in total. The fraction of sp³-hybridized carbons (Fsp3) is 0.545. The van der Waals surface area contributed by atoms with Crippen LogP contribution < -0.4 is 10.1 Å². The highest BCUT2D eigenvalue weighted by Gasteiger charge is 2.18. The minimum absolute atomic E-state index is 0.279. The third kappa shape index (κ3) is 2.45. The lowest BCUT2D eigenvalue weighted by Crippen LogP contribution is -2.42. The van der Waals surface area contributed by atoms with Gasteiger partial charge in [0.1, 0.15) is 6.10 Å². The van der Waals surface area contributed by atoms with Gasteiger partial charge in [-0.05, 0) is 25.8 Å². The average Bonchev–Trinajstić information content (AvgIpc) is 2.23. The summed E-state index contributed by atoms with van der Waals surface area (Å²) < 4.78 is 5.73. The molecule has 0 amide bonds. The van der Waals surface area contributed by atoms with Crippen LogP contribution in [-0.2, 0) is 0 Å². The number of aromatic nitrogens is 1. The molecule has 1 saturated heterocycles. The molecule has 1 aliphatic rings. The quantitative estimate of drug-likeness (QED) is 0.772. The van der Waals surface area contributed by atoms with Crippen molar-refractivity contribution < 1.29 is 4.74 Å². The van der Waals surface area contributed by atoms with Crippen molar-refractivity contribution in [2.75, 3.05) is 6.54 Å². The number of piperidine rings is 1. The maximum absolute atomic E-state index is 5.73. The van der Waals surface area contributed by atoms with E-state index in [9.17, 15) is 0 Å². The van der Waals surface area contributed by atoms with Crippen LogP contribution in [0.1, 0.15) is 19.8 Å². The van der Waals surface area contributed by atoms with Crippen molar-refractivity contribution in [2.24, 2.45) is 0 Å². The third-order valence-corrected chi connectivity index (χ3v) is 2.54. The number of ether oxygens (including phenoxy) is 1. The normalized spacial score (nSPS) is 27.2.